The van der Waals surface area contributed by atoms with E-state index in [1.54, 1.807) is 24.5 Å². The molecule has 3 atom stereocenters. The average Bonchev–Trinajstić information content (AvgIpc) is 3.24. The molecule has 0 bridgehead atoms. The van der Waals surface area contributed by atoms with E-state index < -0.39 is 0 Å². The summed E-state index contributed by atoms with van der Waals surface area (Å²) in [6, 6.07) is 4.08. The first-order valence-corrected chi connectivity index (χ1v) is 10.3. The molecule has 1 spiro atoms. The van der Waals surface area contributed by atoms with Crippen molar-refractivity contribution in [2.24, 2.45) is 11.8 Å². The summed E-state index contributed by atoms with van der Waals surface area (Å²) in [6.45, 7) is 7.80. The highest BCUT2D eigenvalue weighted by Gasteiger charge is 2.57. The van der Waals surface area contributed by atoms with Gasteiger partial charge in [-0.1, -0.05) is 13.3 Å². The smallest absolute Gasteiger partial charge is 0.253 e. The summed E-state index contributed by atoms with van der Waals surface area (Å²) < 4.78 is 0. The van der Waals surface area contributed by atoms with Crippen molar-refractivity contribution in [2.75, 3.05) is 26.2 Å². The Morgan fingerprint density at radius 3 is 2.67 bits per heavy atom. The lowest BCUT2D eigenvalue weighted by atomic mass is 9.75. The number of fused-ring (bicyclic) bond motifs is 2. The van der Waals surface area contributed by atoms with Gasteiger partial charge < -0.3 is 10.2 Å². The maximum atomic E-state index is 12.7. The molecule has 2 amide bonds. The molecule has 3 aliphatic heterocycles. The molecule has 4 heterocycles. The second kappa shape index (κ2) is 7.23. The number of rotatable bonds is 4. The van der Waals surface area contributed by atoms with Crippen LogP contribution in [0.4, 0.5) is 0 Å². The average molecular weight is 370 g/mol. The number of nitrogens with zero attached hydrogens (tertiary/aromatic N) is 3. The topological polar surface area (TPSA) is 65.5 Å². The number of pyridine rings is 1. The summed E-state index contributed by atoms with van der Waals surface area (Å²) in [5.74, 6) is 0.784. The number of carbonyl (C=O) groups excluding carboxylic acids is 2. The third-order valence-electron chi connectivity index (χ3n) is 6.97. The number of likely N-dealkylation sites (tertiary alicyclic amines) is 2. The second-order valence-corrected chi connectivity index (χ2v) is 8.48. The quantitative estimate of drug-likeness (QED) is 0.879. The van der Waals surface area contributed by atoms with Gasteiger partial charge in [0.15, 0.2) is 0 Å². The molecule has 0 saturated carbocycles. The van der Waals surface area contributed by atoms with Gasteiger partial charge in [-0.15, -0.1) is 0 Å². The largest absolute Gasteiger partial charge is 0.350 e. The van der Waals surface area contributed by atoms with E-state index in [2.05, 4.69) is 29.0 Å². The zero-order chi connectivity index (χ0) is 19.0. The van der Waals surface area contributed by atoms with Crippen molar-refractivity contribution in [2.45, 2.75) is 51.1 Å². The zero-order valence-electron chi connectivity index (χ0n) is 16.4. The van der Waals surface area contributed by atoms with Crippen LogP contribution >= 0.6 is 0 Å². The molecule has 146 valence electrons. The Hall–Kier alpha value is -1.95. The second-order valence-electron chi connectivity index (χ2n) is 8.48. The molecule has 3 saturated heterocycles. The third kappa shape index (κ3) is 3.24. The molecule has 6 nitrogen and oxygen atoms in total. The maximum absolute atomic E-state index is 12.7. The van der Waals surface area contributed by atoms with E-state index in [-0.39, 0.29) is 23.3 Å². The maximum Gasteiger partial charge on any atom is 0.253 e. The summed E-state index contributed by atoms with van der Waals surface area (Å²) in [5.41, 5.74) is 0.562. The van der Waals surface area contributed by atoms with Gasteiger partial charge in [-0.2, -0.15) is 0 Å². The SMILES string of the molecule is CCC[C@H](C)N1C[C@H]2C(=O)NC3(CCN(C(=O)c4ccncc4)CC3)[C@H]2C1. The summed E-state index contributed by atoms with van der Waals surface area (Å²) in [4.78, 5) is 33.8. The van der Waals surface area contributed by atoms with Gasteiger partial charge in [0.25, 0.3) is 5.91 Å². The van der Waals surface area contributed by atoms with Crippen LogP contribution in [0.5, 0.6) is 0 Å². The molecule has 0 unspecified atom stereocenters. The molecule has 3 fully saturated rings. The van der Waals surface area contributed by atoms with Crippen molar-refractivity contribution in [1.82, 2.24) is 20.1 Å². The minimum Gasteiger partial charge on any atom is -0.350 e. The van der Waals surface area contributed by atoms with Crippen LogP contribution in [0.1, 0.15) is 49.9 Å². The van der Waals surface area contributed by atoms with E-state index in [0.29, 0.717) is 30.6 Å². The lowest BCUT2D eigenvalue weighted by molar-refractivity contribution is -0.123. The molecule has 27 heavy (non-hydrogen) atoms. The molecule has 0 radical (unpaired) electrons. The highest BCUT2D eigenvalue weighted by Crippen LogP contribution is 2.44. The number of hydrogen-bond acceptors (Lipinski definition) is 4. The predicted molar refractivity (Wildman–Crippen MR) is 103 cm³/mol. The van der Waals surface area contributed by atoms with Gasteiger partial charge in [0, 0.05) is 61.6 Å². The van der Waals surface area contributed by atoms with Gasteiger partial charge in [0.05, 0.1) is 5.92 Å². The normalized spacial score (nSPS) is 28.2. The van der Waals surface area contributed by atoms with Crippen LogP contribution in [-0.2, 0) is 4.79 Å². The highest BCUT2D eigenvalue weighted by molar-refractivity contribution is 5.94. The van der Waals surface area contributed by atoms with E-state index in [0.717, 1.165) is 25.9 Å². The zero-order valence-corrected chi connectivity index (χ0v) is 16.4. The predicted octanol–water partition coefficient (Wildman–Crippen LogP) is 1.92. The molecule has 3 aliphatic rings. The van der Waals surface area contributed by atoms with Gasteiger partial charge >= 0.3 is 0 Å². The lowest BCUT2D eigenvalue weighted by Crippen LogP contribution is -2.56. The molecule has 1 N–H and O–H groups in total. The molecular formula is C21H30N4O2. The molecule has 0 aromatic carbocycles. The van der Waals surface area contributed by atoms with E-state index in [1.165, 1.54) is 12.8 Å². The molecule has 4 rings (SSSR count). The minimum atomic E-state index is -0.128. The standard InChI is InChI=1S/C21H30N4O2/c1-3-4-15(2)25-13-17-18(14-25)21(23-19(17)26)7-11-24(12-8-21)20(27)16-5-9-22-10-6-16/h5-6,9-10,15,17-18H,3-4,7-8,11-14H2,1-2H3,(H,23,26)/t15-,17+,18-/m0/s1. The number of nitrogens with one attached hydrogen (secondary N) is 1. The number of piperidine rings is 1. The number of carbonyl (C=O) groups is 2. The van der Waals surface area contributed by atoms with Crippen molar-refractivity contribution in [3.05, 3.63) is 30.1 Å². The van der Waals surface area contributed by atoms with Crippen LogP contribution < -0.4 is 5.32 Å². The molecular weight excluding hydrogens is 340 g/mol. The van der Waals surface area contributed by atoms with E-state index in [4.69, 9.17) is 0 Å². The Morgan fingerprint density at radius 2 is 2.00 bits per heavy atom. The molecule has 0 aliphatic carbocycles. The van der Waals surface area contributed by atoms with Crippen LogP contribution in [-0.4, -0.2) is 64.4 Å². The van der Waals surface area contributed by atoms with Crippen LogP contribution in [0, 0.1) is 11.8 Å². The van der Waals surface area contributed by atoms with Crippen LogP contribution in [0.15, 0.2) is 24.5 Å². The van der Waals surface area contributed by atoms with Crippen LogP contribution in [0.25, 0.3) is 0 Å². The van der Waals surface area contributed by atoms with Crippen molar-refractivity contribution in [3.8, 4) is 0 Å². The van der Waals surface area contributed by atoms with Crippen LogP contribution in [0.3, 0.4) is 0 Å². The Kier molecular flexibility index (Phi) is 4.93. The number of amides is 2. The fraction of sp³-hybridized carbons (Fsp3) is 0.667. The van der Waals surface area contributed by atoms with Gasteiger partial charge in [-0.3, -0.25) is 19.5 Å². The van der Waals surface area contributed by atoms with Crippen molar-refractivity contribution < 1.29 is 9.59 Å². The number of aromatic nitrogens is 1. The van der Waals surface area contributed by atoms with Gasteiger partial charge in [-0.25, -0.2) is 0 Å². The molecule has 1 aromatic heterocycles. The molecule has 6 heteroatoms. The first-order chi connectivity index (χ1) is 13.0. The fourth-order valence-corrected chi connectivity index (χ4v) is 5.33. The van der Waals surface area contributed by atoms with Gasteiger partial charge in [-0.05, 0) is 38.3 Å². The Balaban J connectivity index is 1.43. The fourth-order valence-electron chi connectivity index (χ4n) is 5.33. The van der Waals surface area contributed by atoms with Crippen molar-refractivity contribution in [1.29, 1.82) is 0 Å². The number of hydrogen-bond donors (Lipinski definition) is 1. The molecule has 1 aromatic rings. The Labute approximate surface area is 161 Å². The highest BCUT2D eigenvalue weighted by atomic mass is 16.2. The van der Waals surface area contributed by atoms with Gasteiger partial charge in [0.2, 0.25) is 5.91 Å². The summed E-state index contributed by atoms with van der Waals surface area (Å²) in [5, 5.41) is 3.35. The first kappa shape index (κ1) is 18.4. The summed E-state index contributed by atoms with van der Waals surface area (Å²) >= 11 is 0. The minimum absolute atomic E-state index is 0.0674. The van der Waals surface area contributed by atoms with Crippen molar-refractivity contribution >= 4 is 11.8 Å². The third-order valence-corrected chi connectivity index (χ3v) is 6.97. The monoisotopic (exact) mass is 370 g/mol. The van der Waals surface area contributed by atoms with E-state index in [1.807, 2.05) is 4.90 Å². The Bertz CT molecular complexity index is 699. The van der Waals surface area contributed by atoms with Gasteiger partial charge in [0.1, 0.15) is 0 Å². The van der Waals surface area contributed by atoms with Crippen molar-refractivity contribution in [3.63, 3.8) is 0 Å². The summed E-state index contributed by atoms with van der Waals surface area (Å²) in [6.07, 6.45) is 7.38. The van der Waals surface area contributed by atoms with E-state index in [9.17, 15) is 9.59 Å². The Morgan fingerprint density at radius 1 is 1.30 bits per heavy atom. The lowest BCUT2D eigenvalue weighted by Gasteiger charge is -2.43. The summed E-state index contributed by atoms with van der Waals surface area (Å²) in [7, 11) is 0. The van der Waals surface area contributed by atoms with Crippen LogP contribution in [0.2, 0.25) is 0 Å². The van der Waals surface area contributed by atoms with E-state index >= 15 is 0 Å². The first-order valence-electron chi connectivity index (χ1n) is 10.3.